The number of aliphatic hydroxyl groups is 1. The zero-order valence-corrected chi connectivity index (χ0v) is 19.5. The highest BCUT2D eigenvalue weighted by Crippen LogP contribution is 2.31. The molecule has 0 bridgehead atoms. The quantitative estimate of drug-likeness (QED) is 0.603. The lowest BCUT2D eigenvalue weighted by Gasteiger charge is -2.36. The summed E-state index contributed by atoms with van der Waals surface area (Å²) < 4.78 is 97.9. The number of hydrogen-bond donors (Lipinski definition) is 2. The third-order valence-electron chi connectivity index (χ3n) is 5.98. The Morgan fingerprint density at radius 1 is 0.912 bits per heavy atom. The van der Waals surface area contributed by atoms with E-state index >= 15 is 0 Å². The number of benzene rings is 2. The molecule has 2 aliphatic heterocycles. The second-order valence-corrected chi connectivity index (χ2v) is 12.0. The molecule has 0 aliphatic carbocycles. The molecule has 4 rings (SSSR count). The van der Waals surface area contributed by atoms with Gasteiger partial charge in [0.15, 0.2) is 0 Å². The van der Waals surface area contributed by atoms with Crippen LogP contribution < -0.4 is 4.72 Å². The maximum atomic E-state index is 12.8. The number of halogens is 3. The van der Waals surface area contributed by atoms with Gasteiger partial charge in [-0.3, -0.25) is 0 Å². The standard InChI is InChI=1S/C21H23F3N2O6S2/c22-21(23,24)16-3-7-19(8-4-16)34(30,31)26-11-9-17(10-12-26)25-33(28,29)18-5-1-15(2-6-18)20(27)13-32-14-20/h1-8,17,25,27H,9-14H2. The van der Waals surface area contributed by atoms with E-state index in [0.29, 0.717) is 5.56 Å². The minimum Gasteiger partial charge on any atom is -0.380 e. The van der Waals surface area contributed by atoms with Crippen LogP contribution in [0.5, 0.6) is 0 Å². The molecular formula is C21H23F3N2O6S2. The molecule has 34 heavy (non-hydrogen) atoms. The number of rotatable bonds is 6. The zero-order valence-electron chi connectivity index (χ0n) is 17.8. The number of alkyl halides is 3. The summed E-state index contributed by atoms with van der Waals surface area (Å²) in [4.78, 5) is -0.238. The van der Waals surface area contributed by atoms with E-state index in [4.69, 9.17) is 4.74 Å². The Morgan fingerprint density at radius 3 is 1.91 bits per heavy atom. The second-order valence-electron chi connectivity index (χ2n) is 8.37. The average Bonchev–Trinajstić information content (AvgIpc) is 2.77. The van der Waals surface area contributed by atoms with Gasteiger partial charge in [0.25, 0.3) is 0 Å². The fourth-order valence-corrected chi connectivity index (χ4v) is 6.65. The van der Waals surface area contributed by atoms with Crippen LogP contribution in [0.4, 0.5) is 13.2 Å². The van der Waals surface area contributed by atoms with Crippen LogP contribution in [0, 0.1) is 0 Å². The highest BCUT2D eigenvalue weighted by atomic mass is 32.2. The van der Waals surface area contributed by atoms with Crippen molar-refractivity contribution in [2.24, 2.45) is 0 Å². The largest absolute Gasteiger partial charge is 0.416 e. The van der Waals surface area contributed by atoms with Crippen molar-refractivity contribution in [1.29, 1.82) is 0 Å². The van der Waals surface area contributed by atoms with Crippen molar-refractivity contribution in [2.45, 2.75) is 40.5 Å². The first kappa shape index (κ1) is 25.1. The van der Waals surface area contributed by atoms with Gasteiger partial charge in [-0.1, -0.05) is 12.1 Å². The van der Waals surface area contributed by atoms with Crippen LogP contribution in [-0.2, 0) is 36.6 Å². The van der Waals surface area contributed by atoms with Crippen LogP contribution in [0.15, 0.2) is 58.3 Å². The molecular weight excluding hydrogens is 497 g/mol. The molecule has 0 saturated carbocycles. The van der Waals surface area contributed by atoms with Crippen molar-refractivity contribution in [1.82, 2.24) is 9.03 Å². The maximum Gasteiger partial charge on any atom is 0.416 e. The average molecular weight is 521 g/mol. The summed E-state index contributed by atoms with van der Waals surface area (Å²) in [5, 5.41) is 10.3. The molecule has 2 aromatic rings. The molecule has 0 spiro atoms. The van der Waals surface area contributed by atoms with Crippen molar-refractivity contribution in [3.63, 3.8) is 0 Å². The molecule has 186 valence electrons. The van der Waals surface area contributed by atoms with Crippen LogP contribution in [0.2, 0.25) is 0 Å². The molecule has 13 heteroatoms. The van der Waals surface area contributed by atoms with Gasteiger partial charge in [-0.2, -0.15) is 17.5 Å². The molecule has 0 atom stereocenters. The van der Waals surface area contributed by atoms with Crippen LogP contribution in [-0.4, -0.2) is 58.6 Å². The molecule has 0 aromatic heterocycles. The Hall–Kier alpha value is -2.03. The van der Waals surface area contributed by atoms with Crippen molar-refractivity contribution >= 4 is 20.0 Å². The number of nitrogens with one attached hydrogen (secondary N) is 1. The molecule has 8 nitrogen and oxygen atoms in total. The third-order valence-corrected chi connectivity index (χ3v) is 9.43. The van der Waals surface area contributed by atoms with Crippen LogP contribution >= 0.6 is 0 Å². The first-order chi connectivity index (χ1) is 15.8. The summed E-state index contributed by atoms with van der Waals surface area (Å²) in [5.74, 6) is 0. The number of sulfonamides is 2. The Kier molecular flexibility index (Phi) is 6.55. The van der Waals surface area contributed by atoms with Gasteiger partial charge in [-0.05, 0) is 54.8 Å². The normalized spacial score (nSPS) is 20.1. The maximum absolute atomic E-state index is 12.8. The minimum atomic E-state index is -4.57. The second kappa shape index (κ2) is 8.88. The fourth-order valence-electron chi connectivity index (χ4n) is 3.87. The molecule has 2 saturated heterocycles. The van der Waals surface area contributed by atoms with Crippen molar-refractivity contribution in [3.8, 4) is 0 Å². The van der Waals surface area contributed by atoms with E-state index < -0.39 is 43.4 Å². The Labute approximate surface area is 195 Å². The Bertz CT molecular complexity index is 1230. The van der Waals surface area contributed by atoms with Gasteiger partial charge < -0.3 is 9.84 Å². The number of nitrogens with zero attached hydrogens (tertiary/aromatic N) is 1. The van der Waals surface area contributed by atoms with Gasteiger partial charge in [0, 0.05) is 19.1 Å². The molecule has 2 aromatic carbocycles. The van der Waals surface area contributed by atoms with Gasteiger partial charge in [-0.25, -0.2) is 21.6 Å². The lowest BCUT2D eigenvalue weighted by Crippen LogP contribution is -2.47. The highest BCUT2D eigenvalue weighted by Gasteiger charge is 2.38. The highest BCUT2D eigenvalue weighted by molar-refractivity contribution is 7.89. The zero-order chi connectivity index (χ0) is 24.8. The van der Waals surface area contributed by atoms with Crippen molar-refractivity contribution in [2.75, 3.05) is 26.3 Å². The van der Waals surface area contributed by atoms with E-state index in [1.807, 2.05) is 0 Å². The topological polar surface area (TPSA) is 113 Å². The van der Waals surface area contributed by atoms with Gasteiger partial charge in [0.2, 0.25) is 20.0 Å². The molecule has 2 fully saturated rings. The van der Waals surface area contributed by atoms with Gasteiger partial charge in [0.1, 0.15) is 5.60 Å². The summed E-state index contributed by atoms with van der Waals surface area (Å²) in [5.41, 5.74) is -1.50. The molecule has 0 amide bonds. The molecule has 2 aliphatic rings. The first-order valence-electron chi connectivity index (χ1n) is 10.4. The third kappa shape index (κ3) is 4.99. The SMILES string of the molecule is O=S(=O)(NC1CCN(S(=O)(=O)c2ccc(C(F)(F)F)cc2)CC1)c1ccc(C2(O)COC2)cc1. The van der Waals surface area contributed by atoms with E-state index in [9.17, 15) is 35.1 Å². The van der Waals surface area contributed by atoms with Crippen LogP contribution in [0.25, 0.3) is 0 Å². The van der Waals surface area contributed by atoms with Crippen molar-refractivity contribution in [3.05, 3.63) is 59.7 Å². The summed E-state index contributed by atoms with van der Waals surface area (Å²) in [6, 6.07) is 8.59. The summed E-state index contributed by atoms with van der Waals surface area (Å²) in [6.45, 7) is 0.321. The molecule has 2 heterocycles. The van der Waals surface area contributed by atoms with Crippen LogP contribution in [0.3, 0.4) is 0 Å². The molecule has 0 radical (unpaired) electrons. The molecule has 0 unspecified atom stereocenters. The lowest BCUT2D eigenvalue weighted by atomic mass is 9.92. The number of ether oxygens (including phenoxy) is 1. The number of piperidine rings is 1. The van der Waals surface area contributed by atoms with E-state index in [0.717, 1.165) is 28.6 Å². The monoisotopic (exact) mass is 520 g/mol. The smallest absolute Gasteiger partial charge is 0.380 e. The first-order valence-corrected chi connectivity index (χ1v) is 13.3. The Balaban J connectivity index is 1.37. The summed E-state index contributed by atoms with van der Waals surface area (Å²) >= 11 is 0. The van der Waals surface area contributed by atoms with Gasteiger partial charge >= 0.3 is 6.18 Å². The minimum absolute atomic E-state index is 0.0138. The summed E-state index contributed by atoms with van der Waals surface area (Å²) in [6.07, 6.45) is -4.16. The predicted molar refractivity (Wildman–Crippen MR) is 115 cm³/mol. The summed E-state index contributed by atoms with van der Waals surface area (Å²) in [7, 11) is -7.88. The van der Waals surface area contributed by atoms with Crippen molar-refractivity contribution < 1.29 is 39.9 Å². The van der Waals surface area contributed by atoms with Crippen LogP contribution in [0.1, 0.15) is 24.0 Å². The lowest BCUT2D eigenvalue weighted by molar-refractivity contribution is -0.184. The van der Waals surface area contributed by atoms with E-state index in [-0.39, 0.29) is 48.9 Å². The predicted octanol–water partition coefficient (Wildman–Crippen LogP) is 2.05. The molecule has 2 N–H and O–H groups in total. The van der Waals surface area contributed by atoms with E-state index in [1.54, 1.807) is 0 Å². The number of hydrogen-bond acceptors (Lipinski definition) is 6. The van der Waals surface area contributed by atoms with E-state index in [2.05, 4.69) is 4.72 Å². The Morgan fingerprint density at radius 2 is 1.44 bits per heavy atom. The fraction of sp³-hybridized carbons (Fsp3) is 0.429. The van der Waals surface area contributed by atoms with E-state index in [1.165, 1.54) is 24.3 Å². The van der Waals surface area contributed by atoms with Gasteiger partial charge in [0.05, 0.1) is 28.6 Å². The van der Waals surface area contributed by atoms with Gasteiger partial charge in [-0.15, -0.1) is 0 Å².